The summed E-state index contributed by atoms with van der Waals surface area (Å²) in [5.41, 5.74) is 4.12. The van der Waals surface area contributed by atoms with Crippen molar-refractivity contribution in [2.45, 2.75) is 56.7 Å². The maximum Gasteiger partial charge on any atom is 0.122 e. The lowest BCUT2D eigenvalue weighted by Gasteiger charge is -2.22. The van der Waals surface area contributed by atoms with Crippen molar-refractivity contribution in [3.8, 4) is 5.75 Å². The predicted octanol–water partition coefficient (Wildman–Crippen LogP) is 5.12. The molecular weight excluding hydrogens is 288 g/mol. The van der Waals surface area contributed by atoms with Gasteiger partial charge in [-0.15, -0.1) is 0 Å². The molecule has 0 N–H and O–H groups in total. The third-order valence-corrected chi connectivity index (χ3v) is 4.81. The molecule has 1 aliphatic carbocycles. The summed E-state index contributed by atoms with van der Waals surface area (Å²) in [6.07, 6.45) is 6.52. The highest BCUT2D eigenvalue weighted by molar-refractivity contribution is 9.09. The van der Waals surface area contributed by atoms with Gasteiger partial charge in [-0.2, -0.15) is 0 Å². The number of methoxy groups -OCH3 is 1. The molecule has 0 aromatic heterocycles. The average molecular weight is 311 g/mol. The molecule has 0 heterocycles. The van der Waals surface area contributed by atoms with Crippen LogP contribution in [-0.4, -0.2) is 11.9 Å². The van der Waals surface area contributed by atoms with E-state index in [0.717, 1.165) is 5.75 Å². The van der Waals surface area contributed by atoms with Crippen LogP contribution in [0.2, 0.25) is 0 Å². The van der Waals surface area contributed by atoms with Gasteiger partial charge in [-0.1, -0.05) is 34.8 Å². The second-order valence-electron chi connectivity index (χ2n) is 5.51. The van der Waals surface area contributed by atoms with Crippen molar-refractivity contribution in [3.63, 3.8) is 0 Å². The summed E-state index contributed by atoms with van der Waals surface area (Å²) in [6.45, 7) is 4.36. The average Bonchev–Trinajstić information content (AvgIpc) is 2.52. The molecule has 1 fully saturated rings. The molecule has 1 aromatic rings. The Balaban J connectivity index is 2.36. The Labute approximate surface area is 119 Å². The van der Waals surface area contributed by atoms with Crippen LogP contribution < -0.4 is 4.74 Å². The quantitative estimate of drug-likeness (QED) is 0.544. The van der Waals surface area contributed by atoms with Crippen LogP contribution in [0.3, 0.4) is 0 Å². The fraction of sp³-hybridized carbons (Fsp3) is 0.625. The largest absolute Gasteiger partial charge is 0.496 e. The minimum absolute atomic E-state index is 0.646. The maximum absolute atomic E-state index is 5.62. The molecule has 0 spiro atoms. The monoisotopic (exact) mass is 310 g/mol. The van der Waals surface area contributed by atoms with Crippen LogP contribution in [0.1, 0.15) is 54.7 Å². The number of benzene rings is 1. The molecule has 1 saturated carbocycles. The number of hydrogen-bond donors (Lipinski definition) is 0. The van der Waals surface area contributed by atoms with Gasteiger partial charge < -0.3 is 4.74 Å². The molecule has 2 heteroatoms. The van der Waals surface area contributed by atoms with Crippen molar-refractivity contribution >= 4 is 15.9 Å². The van der Waals surface area contributed by atoms with Gasteiger partial charge in [0.2, 0.25) is 0 Å². The van der Waals surface area contributed by atoms with Crippen LogP contribution >= 0.6 is 15.9 Å². The molecule has 0 amide bonds. The Bertz CT molecular complexity index is 414. The van der Waals surface area contributed by atoms with E-state index in [1.54, 1.807) is 7.11 Å². The van der Waals surface area contributed by atoms with E-state index < -0.39 is 0 Å². The SMILES string of the molecule is COc1cc(C)cc(C)c1C1CCCCC(Br)C1. The van der Waals surface area contributed by atoms with Gasteiger partial charge >= 0.3 is 0 Å². The Morgan fingerprint density at radius 2 is 1.89 bits per heavy atom. The molecule has 2 unspecified atom stereocenters. The minimum Gasteiger partial charge on any atom is -0.496 e. The minimum atomic E-state index is 0.646. The van der Waals surface area contributed by atoms with E-state index in [4.69, 9.17) is 4.74 Å². The van der Waals surface area contributed by atoms with Crippen LogP contribution in [-0.2, 0) is 0 Å². The number of aryl methyl sites for hydroxylation is 2. The molecule has 1 nitrogen and oxygen atoms in total. The van der Waals surface area contributed by atoms with E-state index in [0.29, 0.717) is 10.7 Å². The molecule has 1 aromatic carbocycles. The molecule has 0 saturated heterocycles. The van der Waals surface area contributed by atoms with Crippen molar-refractivity contribution in [2.75, 3.05) is 7.11 Å². The molecule has 0 aliphatic heterocycles. The first-order chi connectivity index (χ1) is 8.61. The number of halogens is 1. The van der Waals surface area contributed by atoms with Crippen molar-refractivity contribution in [1.82, 2.24) is 0 Å². The zero-order valence-electron chi connectivity index (χ0n) is 11.6. The summed E-state index contributed by atoms with van der Waals surface area (Å²) < 4.78 is 5.62. The van der Waals surface area contributed by atoms with Gasteiger partial charge in [-0.05, 0) is 56.2 Å². The molecule has 0 radical (unpaired) electrons. The number of ether oxygens (including phenoxy) is 1. The van der Waals surface area contributed by atoms with E-state index in [9.17, 15) is 0 Å². The zero-order chi connectivity index (χ0) is 13.1. The molecular formula is C16H23BrO. The number of hydrogen-bond acceptors (Lipinski definition) is 1. The van der Waals surface area contributed by atoms with Crippen LogP contribution in [0.25, 0.3) is 0 Å². The Morgan fingerprint density at radius 3 is 2.61 bits per heavy atom. The molecule has 2 atom stereocenters. The summed E-state index contributed by atoms with van der Waals surface area (Å²) in [5.74, 6) is 1.73. The predicted molar refractivity (Wildman–Crippen MR) is 81.0 cm³/mol. The van der Waals surface area contributed by atoms with E-state index in [2.05, 4.69) is 41.9 Å². The maximum atomic E-state index is 5.62. The van der Waals surface area contributed by atoms with Crippen molar-refractivity contribution in [2.24, 2.45) is 0 Å². The fourth-order valence-corrected chi connectivity index (χ4v) is 3.97. The smallest absolute Gasteiger partial charge is 0.122 e. The van der Waals surface area contributed by atoms with Gasteiger partial charge in [0.1, 0.15) is 5.75 Å². The van der Waals surface area contributed by atoms with Crippen LogP contribution in [0.4, 0.5) is 0 Å². The molecule has 2 rings (SSSR count). The van der Waals surface area contributed by atoms with Gasteiger partial charge in [-0.25, -0.2) is 0 Å². The zero-order valence-corrected chi connectivity index (χ0v) is 13.2. The Kier molecular flexibility index (Phi) is 4.71. The Hall–Kier alpha value is -0.500. The molecule has 0 bridgehead atoms. The Morgan fingerprint density at radius 1 is 1.17 bits per heavy atom. The molecule has 18 heavy (non-hydrogen) atoms. The summed E-state index contributed by atoms with van der Waals surface area (Å²) in [4.78, 5) is 0.662. The summed E-state index contributed by atoms with van der Waals surface area (Å²) in [7, 11) is 1.79. The normalized spacial score (nSPS) is 24.7. The first kappa shape index (κ1) is 13.9. The highest BCUT2D eigenvalue weighted by atomic mass is 79.9. The van der Waals surface area contributed by atoms with Gasteiger partial charge in [-0.3, -0.25) is 0 Å². The summed E-state index contributed by atoms with van der Waals surface area (Å²) in [6, 6.07) is 4.46. The van der Waals surface area contributed by atoms with Crippen molar-refractivity contribution in [3.05, 3.63) is 28.8 Å². The summed E-state index contributed by atoms with van der Waals surface area (Å²) in [5, 5.41) is 0. The fourth-order valence-electron chi connectivity index (χ4n) is 3.20. The lowest BCUT2D eigenvalue weighted by atomic mass is 9.87. The molecule has 1 aliphatic rings. The topological polar surface area (TPSA) is 9.23 Å². The van der Waals surface area contributed by atoms with E-state index in [1.165, 1.54) is 48.8 Å². The van der Waals surface area contributed by atoms with Crippen LogP contribution in [0, 0.1) is 13.8 Å². The number of alkyl halides is 1. The summed E-state index contributed by atoms with van der Waals surface area (Å²) >= 11 is 3.82. The lowest BCUT2D eigenvalue weighted by Crippen LogP contribution is -2.07. The first-order valence-corrected chi connectivity index (χ1v) is 7.82. The van der Waals surface area contributed by atoms with Gasteiger partial charge in [0, 0.05) is 10.4 Å². The molecule has 100 valence electrons. The van der Waals surface area contributed by atoms with Gasteiger partial charge in [0.05, 0.1) is 7.11 Å². The highest BCUT2D eigenvalue weighted by Gasteiger charge is 2.24. The second kappa shape index (κ2) is 6.10. The van der Waals surface area contributed by atoms with Crippen LogP contribution in [0.15, 0.2) is 12.1 Å². The second-order valence-corrected chi connectivity index (χ2v) is 6.81. The van der Waals surface area contributed by atoms with Crippen molar-refractivity contribution < 1.29 is 4.74 Å². The van der Waals surface area contributed by atoms with Crippen molar-refractivity contribution in [1.29, 1.82) is 0 Å². The van der Waals surface area contributed by atoms with E-state index >= 15 is 0 Å². The number of rotatable bonds is 2. The third-order valence-electron chi connectivity index (χ3n) is 3.98. The standard InChI is InChI=1S/C16H23BrO/c1-11-8-12(2)16(15(9-11)18-3)13-6-4-5-7-14(17)10-13/h8-9,13-14H,4-7,10H2,1-3H3. The highest BCUT2D eigenvalue weighted by Crippen LogP contribution is 2.40. The first-order valence-electron chi connectivity index (χ1n) is 6.91. The third kappa shape index (κ3) is 3.09. The van der Waals surface area contributed by atoms with E-state index in [-0.39, 0.29) is 0 Å². The van der Waals surface area contributed by atoms with Crippen LogP contribution in [0.5, 0.6) is 5.75 Å². The van der Waals surface area contributed by atoms with Gasteiger partial charge in [0.25, 0.3) is 0 Å². The van der Waals surface area contributed by atoms with Gasteiger partial charge in [0.15, 0.2) is 0 Å². The lowest BCUT2D eigenvalue weighted by molar-refractivity contribution is 0.401. The van der Waals surface area contributed by atoms with E-state index in [1.807, 2.05) is 0 Å².